The molecule has 0 aliphatic carbocycles. The second kappa shape index (κ2) is 9.04. The normalized spacial score (nSPS) is 10.6. The van der Waals surface area contributed by atoms with E-state index in [-0.39, 0.29) is 5.91 Å². The van der Waals surface area contributed by atoms with E-state index in [2.05, 4.69) is 15.4 Å². The van der Waals surface area contributed by atoms with E-state index < -0.39 is 5.91 Å². The van der Waals surface area contributed by atoms with Gasteiger partial charge in [-0.25, -0.2) is 4.68 Å². The number of aromatic nitrogens is 3. The number of nitrogens with zero attached hydrogens (tertiary/aromatic N) is 3. The summed E-state index contributed by atoms with van der Waals surface area (Å²) in [6, 6.07) is 20.4. The molecule has 4 aromatic rings. The molecule has 3 N–H and O–H groups in total. The van der Waals surface area contributed by atoms with Crippen molar-refractivity contribution in [3.8, 4) is 16.9 Å². The molecule has 0 radical (unpaired) electrons. The van der Waals surface area contributed by atoms with Gasteiger partial charge in [-0.3, -0.25) is 14.6 Å². The van der Waals surface area contributed by atoms with Crippen molar-refractivity contribution in [3.63, 3.8) is 0 Å². The summed E-state index contributed by atoms with van der Waals surface area (Å²) in [5.41, 5.74) is 9.34. The number of carbonyl (C=O) groups excluding carboxylic acids is 2. The molecule has 2 aromatic heterocycles. The van der Waals surface area contributed by atoms with Crippen molar-refractivity contribution >= 4 is 11.8 Å². The fourth-order valence-electron chi connectivity index (χ4n) is 3.26. The Bertz CT molecular complexity index is 1200. The van der Waals surface area contributed by atoms with Gasteiger partial charge in [0.25, 0.3) is 5.91 Å². The van der Waals surface area contributed by atoms with E-state index >= 15 is 0 Å². The van der Waals surface area contributed by atoms with Gasteiger partial charge in [0.05, 0.1) is 11.3 Å². The summed E-state index contributed by atoms with van der Waals surface area (Å²) in [7, 11) is 0. The fraction of sp³-hybridized carbons (Fsp3) is 0.0833. The fourth-order valence-corrected chi connectivity index (χ4v) is 3.26. The van der Waals surface area contributed by atoms with Crippen LogP contribution < -0.4 is 11.1 Å². The number of para-hydroxylation sites is 1. The van der Waals surface area contributed by atoms with Crippen molar-refractivity contribution in [1.29, 1.82) is 0 Å². The van der Waals surface area contributed by atoms with Crippen molar-refractivity contribution in [1.82, 2.24) is 20.1 Å². The van der Waals surface area contributed by atoms with E-state index in [1.807, 2.05) is 48.5 Å². The molecule has 2 aromatic carbocycles. The minimum atomic E-state index is -0.472. The largest absolute Gasteiger partial charge is 0.366 e. The molecule has 0 fully saturated rings. The number of nitrogens with two attached hydrogens (primary N) is 1. The summed E-state index contributed by atoms with van der Waals surface area (Å²) in [4.78, 5) is 28.5. The minimum absolute atomic E-state index is 0.230. The van der Waals surface area contributed by atoms with Crippen LogP contribution in [0, 0.1) is 0 Å². The van der Waals surface area contributed by atoms with Crippen LogP contribution in [0.5, 0.6) is 0 Å². The number of pyridine rings is 1. The lowest BCUT2D eigenvalue weighted by molar-refractivity contribution is 0.0953. The SMILES string of the molecule is NC(=O)c1cccc(CCNC(=O)c2cn(-c3ccccc3)nc2-c2cccnc2)c1. The third-order valence-electron chi connectivity index (χ3n) is 4.83. The molecule has 0 aliphatic heterocycles. The molecule has 0 unspecified atom stereocenters. The van der Waals surface area contributed by atoms with E-state index in [0.29, 0.717) is 29.8 Å². The van der Waals surface area contributed by atoms with Crippen LogP contribution in [0.4, 0.5) is 0 Å². The Balaban J connectivity index is 1.55. The molecular formula is C24H21N5O2. The van der Waals surface area contributed by atoms with Crippen molar-refractivity contribution in [2.24, 2.45) is 5.73 Å². The number of amides is 2. The van der Waals surface area contributed by atoms with Crippen LogP contribution in [0.2, 0.25) is 0 Å². The molecule has 2 amide bonds. The molecule has 0 spiro atoms. The molecule has 2 heterocycles. The lowest BCUT2D eigenvalue weighted by Gasteiger charge is -2.06. The molecule has 154 valence electrons. The zero-order valence-electron chi connectivity index (χ0n) is 16.7. The van der Waals surface area contributed by atoms with Crippen molar-refractivity contribution in [3.05, 3.63) is 102 Å². The number of nitrogens with one attached hydrogen (secondary N) is 1. The molecule has 0 saturated heterocycles. The second-order valence-electron chi connectivity index (χ2n) is 6.98. The van der Waals surface area contributed by atoms with Gasteiger partial charge in [-0.15, -0.1) is 0 Å². The molecule has 0 aliphatic rings. The quantitative estimate of drug-likeness (QED) is 0.488. The number of primary amides is 1. The maximum atomic E-state index is 13.0. The highest BCUT2D eigenvalue weighted by Crippen LogP contribution is 2.23. The maximum absolute atomic E-state index is 13.0. The second-order valence-corrected chi connectivity index (χ2v) is 6.98. The predicted octanol–water partition coefficient (Wildman–Crippen LogP) is 3.01. The average molecular weight is 411 g/mol. The Labute approximate surface area is 179 Å². The average Bonchev–Trinajstić information content (AvgIpc) is 3.26. The number of hydrogen-bond acceptors (Lipinski definition) is 4. The van der Waals surface area contributed by atoms with E-state index in [4.69, 9.17) is 5.73 Å². The summed E-state index contributed by atoms with van der Waals surface area (Å²) in [6.45, 7) is 0.407. The van der Waals surface area contributed by atoms with Gasteiger partial charge in [0, 0.05) is 36.3 Å². The number of hydrogen-bond donors (Lipinski definition) is 2. The smallest absolute Gasteiger partial charge is 0.255 e. The maximum Gasteiger partial charge on any atom is 0.255 e. The lowest BCUT2D eigenvalue weighted by atomic mass is 10.1. The molecule has 7 heteroatoms. The Hall–Kier alpha value is -4.26. The van der Waals surface area contributed by atoms with Gasteiger partial charge in [0.2, 0.25) is 5.91 Å². The van der Waals surface area contributed by atoms with E-state index in [0.717, 1.165) is 16.8 Å². The molecule has 7 nitrogen and oxygen atoms in total. The van der Waals surface area contributed by atoms with Gasteiger partial charge >= 0.3 is 0 Å². The Morgan fingerprint density at radius 3 is 2.58 bits per heavy atom. The first-order chi connectivity index (χ1) is 15.1. The summed E-state index contributed by atoms with van der Waals surface area (Å²) in [5.74, 6) is -0.701. The van der Waals surface area contributed by atoms with Crippen LogP contribution in [0.3, 0.4) is 0 Å². The van der Waals surface area contributed by atoms with Gasteiger partial charge in [0.15, 0.2) is 0 Å². The van der Waals surface area contributed by atoms with Gasteiger partial charge in [-0.05, 0) is 48.4 Å². The third-order valence-corrected chi connectivity index (χ3v) is 4.83. The predicted molar refractivity (Wildman–Crippen MR) is 118 cm³/mol. The highest BCUT2D eigenvalue weighted by molar-refractivity contribution is 5.99. The zero-order chi connectivity index (χ0) is 21.6. The third kappa shape index (κ3) is 4.67. The lowest BCUT2D eigenvalue weighted by Crippen LogP contribution is -2.26. The first-order valence-corrected chi connectivity index (χ1v) is 9.84. The number of benzene rings is 2. The summed E-state index contributed by atoms with van der Waals surface area (Å²) in [5, 5.41) is 7.58. The monoisotopic (exact) mass is 411 g/mol. The highest BCUT2D eigenvalue weighted by Gasteiger charge is 2.18. The van der Waals surface area contributed by atoms with Crippen LogP contribution in [-0.4, -0.2) is 33.1 Å². The first kappa shape index (κ1) is 20.0. The van der Waals surface area contributed by atoms with Gasteiger partial charge < -0.3 is 11.1 Å². The first-order valence-electron chi connectivity index (χ1n) is 9.84. The number of carbonyl (C=O) groups is 2. The van der Waals surface area contributed by atoms with Crippen molar-refractivity contribution < 1.29 is 9.59 Å². The molecule has 4 rings (SSSR count). The van der Waals surface area contributed by atoms with Gasteiger partial charge in [0.1, 0.15) is 5.69 Å². The van der Waals surface area contributed by atoms with Crippen LogP contribution in [0.1, 0.15) is 26.3 Å². The molecule has 0 atom stereocenters. The highest BCUT2D eigenvalue weighted by atomic mass is 16.2. The van der Waals surface area contributed by atoms with E-state index in [1.54, 1.807) is 41.5 Å². The van der Waals surface area contributed by atoms with Gasteiger partial charge in [-0.2, -0.15) is 5.10 Å². The van der Waals surface area contributed by atoms with Gasteiger partial charge in [-0.1, -0.05) is 30.3 Å². The Morgan fingerprint density at radius 2 is 1.84 bits per heavy atom. The standard InChI is InChI=1S/C24H21N5O2/c25-23(30)18-7-4-6-17(14-18)11-13-27-24(31)21-16-29(20-9-2-1-3-10-20)28-22(21)19-8-5-12-26-15-19/h1-10,12,14-16H,11,13H2,(H2,25,30)(H,27,31). The zero-order valence-corrected chi connectivity index (χ0v) is 16.7. The van der Waals surface area contributed by atoms with Crippen LogP contribution in [0.25, 0.3) is 16.9 Å². The van der Waals surface area contributed by atoms with Crippen LogP contribution in [0.15, 0.2) is 85.3 Å². The topological polar surface area (TPSA) is 103 Å². The summed E-state index contributed by atoms with van der Waals surface area (Å²) >= 11 is 0. The molecule has 0 bridgehead atoms. The van der Waals surface area contributed by atoms with Crippen molar-refractivity contribution in [2.45, 2.75) is 6.42 Å². The van der Waals surface area contributed by atoms with E-state index in [9.17, 15) is 9.59 Å². The summed E-state index contributed by atoms with van der Waals surface area (Å²) in [6.07, 6.45) is 5.66. The Morgan fingerprint density at radius 1 is 1.00 bits per heavy atom. The molecule has 31 heavy (non-hydrogen) atoms. The van der Waals surface area contributed by atoms with Crippen molar-refractivity contribution in [2.75, 3.05) is 6.54 Å². The Kier molecular flexibility index (Phi) is 5.84. The summed E-state index contributed by atoms with van der Waals surface area (Å²) < 4.78 is 1.69. The number of rotatable bonds is 7. The van der Waals surface area contributed by atoms with Crippen LogP contribution >= 0.6 is 0 Å². The minimum Gasteiger partial charge on any atom is -0.366 e. The molecular weight excluding hydrogens is 390 g/mol. The van der Waals surface area contributed by atoms with E-state index in [1.165, 1.54) is 0 Å². The molecule has 0 saturated carbocycles. The van der Waals surface area contributed by atoms with Crippen LogP contribution in [-0.2, 0) is 6.42 Å².